The molecule has 0 aromatic rings. The van der Waals surface area contributed by atoms with Crippen molar-refractivity contribution in [1.82, 2.24) is 4.90 Å². The van der Waals surface area contributed by atoms with Crippen LogP contribution in [0.4, 0.5) is 0 Å². The number of rotatable bonds is 31. The van der Waals surface area contributed by atoms with Gasteiger partial charge in [0.15, 0.2) is 5.79 Å². The van der Waals surface area contributed by atoms with Gasteiger partial charge < -0.3 is 14.4 Å². The first-order valence-electron chi connectivity index (χ1n) is 21.7. The minimum absolute atomic E-state index is 0.308. The molecule has 0 spiro atoms. The van der Waals surface area contributed by atoms with Gasteiger partial charge in [0.2, 0.25) is 0 Å². The summed E-state index contributed by atoms with van der Waals surface area (Å²) in [6.07, 6.45) is 55.6. The van der Waals surface area contributed by atoms with E-state index in [9.17, 15) is 0 Å². The summed E-state index contributed by atoms with van der Waals surface area (Å²) in [6.45, 7) is 4.55. The summed E-state index contributed by atoms with van der Waals surface area (Å²) in [6, 6.07) is 0.675. The average Bonchev–Trinajstić information content (AvgIpc) is 3.79. The van der Waals surface area contributed by atoms with E-state index in [0.717, 1.165) is 25.7 Å². The van der Waals surface area contributed by atoms with Crippen molar-refractivity contribution in [3.63, 3.8) is 0 Å². The molecule has 3 heteroatoms. The van der Waals surface area contributed by atoms with E-state index >= 15 is 0 Å². The molecule has 1 saturated heterocycles. The van der Waals surface area contributed by atoms with E-state index in [-0.39, 0.29) is 5.79 Å². The molecule has 282 valence electrons. The van der Waals surface area contributed by atoms with Gasteiger partial charge >= 0.3 is 0 Å². The van der Waals surface area contributed by atoms with Crippen molar-refractivity contribution >= 4 is 0 Å². The fourth-order valence-corrected chi connectivity index (χ4v) is 8.78. The third kappa shape index (κ3) is 16.8. The van der Waals surface area contributed by atoms with Crippen LogP contribution in [-0.2, 0) is 9.47 Å². The monoisotopic (exact) mass is 680 g/mol. The van der Waals surface area contributed by atoms with Gasteiger partial charge in [-0.1, -0.05) is 140 Å². The molecule has 0 N–H and O–H groups in total. The Morgan fingerprint density at radius 1 is 0.490 bits per heavy atom. The first-order chi connectivity index (χ1) is 24.1. The second kappa shape index (κ2) is 26.6. The largest absolute Gasteiger partial charge is 0.344 e. The summed E-state index contributed by atoms with van der Waals surface area (Å²) in [7, 11) is 4.52. The molecule has 0 aromatic heterocycles. The number of hydrogen-bond donors (Lipinski definition) is 0. The summed E-state index contributed by atoms with van der Waals surface area (Å²) in [5, 5.41) is 0. The number of fused-ring (bicyclic) bond motifs is 5. The van der Waals surface area contributed by atoms with Crippen LogP contribution in [0.1, 0.15) is 194 Å². The SMILES string of the molecule is CCCCC/C=C\C/C=C\CCCCCCCCC1(CCCCCCCC/C=C\C/C=C\CCCCC)O[C@@H]2C3CC([C@H]2O1)[C@@H](N(C)C)C3. The summed E-state index contributed by atoms with van der Waals surface area (Å²) < 4.78 is 14.1. The van der Waals surface area contributed by atoms with Crippen molar-refractivity contribution < 1.29 is 9.47 Å². The third-order valence-electron chi connectivity index (χ3n) is 11.7. The van der Waals surface area contributed by atoms with Crippen LogP contribution in [0.2, 0.25) is 0 Å². The molecule has 1 heterocycles. The van der Waals surface area contributed by atoms with Gasteiger partial charge in [-0.25, -0.2) is 0 Å². The third-order valence-corrected chi connectivity index (χ3v) is 11.7. The molecule has 0 amide bonds. The minimum atomic E-state index is -0.308. The standard InChI is InChI=1S/C46H81NO2/c1-5-7-9-11-13-15-17-19-21-23-25-27-29-31-33-35-37-46(48-44-41-39-42(45(44)49-46)43(40-41)47(3)4)38-36-34-32-30-28-26-24-22-20-18-16-14-12-10-8-6-2/h13-16,19-22,41-45H,5-12,17-18,23-40H2,1-4H3/b15-13-,16-14-,21-19-,22-20-/t41?,42?,43-,44+,45+/m0/s1. The molecule has 3 nitrogen and oxygen atoms in total. The van der Waals surface area contributed by atoms with Crippen LogP contribution in [-0.4, -0.2) is 43.0 Å². The van der Waals surface area contributed by atoms with E-state index in [1.807, 2.05) is 0 Å². The normalized spacial score (nSPS) is 24.7. The molecule has 0 radical (unpaired) electrons. The van der Waals surface area contributed by atoms with E-state index < -0.39 is 0 Å². The Hall–Kier alpha value is -1.16. The molecule has 3 rings (SSSR count). The molecule has 2 aliphatic carbocycles. The first kappa shape index (κ1) is 42.3. The van der Waals surface area contributed by atoms with Gasteiger partial charge in [0.05, 0.1) is 12.2 Å². The lowest BCUT2D eigenvalue weighted by atomic mass is 9.90. The lowest BCUT2D eigenvalue weighted by molar-refractivity contribution is -0.196. The smallest absolute Gasteiger partial charge is 0.169 e. The highest BCUT2D eigenvalue weighted by molar-refractivity contribution is 5.09. The van der Waals surface area contributed by atoms with Crippen molar-refractivity contribution in [3.8, 4) is 0 Å². The maximum absolute atomic E-state index is 7.06. The highest BCUT2D eigenvalue weighted by atomic mass is 16.8. The lowest BCUT2D eigenvalue weighted by Crippen LogP contribution is -2.43. The Balaban J connectivity index is 1.27. The van der Waals surface area contributed by atoms with Crippen LogP contribution < -0.4 is 0 Å². The number of ether oxygens (including phenoxy) is 2. The fraction of sp³-hybridized carbons (Fsp3) is 0.826. The van der Waals surface area contributed by atoms with E-state index in [0.29, 0.717) is 30.1 Å². The van der Waals surface area contributed by atoms with Gasteiger partial charge in [0, 0.05) is 24.8 Å². The van der Waals surface area contributed by atoms with Gasteiger partial charge in [0.25, 0.3) is 0 Å². The zero-order valence-electron chi connectivity index (χ0n) is 33.1. The number of hydrogen-bond acceptors (Lipinski definition) is 3. The minimum Gasteiger partial charge on any atom is -0.344 e. The number of allylic oxidation sites excluding steroid dienone is 8. The molecule has 3 aliphatic rings. The fourth-order valence-electron chi connectivity index (χ4n) is 8.78. The predicted octanol–water partition coefficient (Wildman–Crippen LogP) is 13.8. The van der Waals surface area contributed by atoms with Crippen molar-refractivity contribution in [1.29, 1.82) is 0 Å². The molecule has 0 aromatic carbocycles. The summed E-state index contributed by atoms with van der Waals surface area (Å²) in [5.41, 5.74) is 0. The molecule has 5 atom stereocenters. The van der Waals surface area contributed by atoms with Crippen LogP contribution >= 0.6 is 0 Å². The van der Waals surface area contributed by atoms with Crippen LogP contribution in [0.25, 0.3) is 0 Å². The highest BCUT2D eigenvalue weighted by Crippen LogP contribution is 2.55. The topological polar surface area (TPSA) is 21.7 Å². The molecule has 1 aliphatic heterocycles. The van der Waals surface area contributed by atoms with Crippen molar-refractivity contribution in [3.05, 3.63) is 48.6 Å². The number of nitrogens with zero attached hydrogens (tertiary/aromatic N) is 1. The molecular formula is C46H81NO2. The van der Waals surface area contributed by atoms with Crippen LogP contribution in [0.5, 0.6) is 0 Å². The van der Waals surface area contributed by atoms with Crippen LogP contribution in [0.3, 0.4) is 0 Å². The second-order valence-electron chi connectivity index (χ2n) is 16.2. The van der Waals surface area contributed by atoms with Crippen molar-refractivity contribution in [2.24, 2.45) is 11.8 Å². The van der Waals surface area contributed by atoms with E-state index in [4.69, 9.17) is 9.47 Å². The molecule has 2 unspecified atom stereocenters. The second-order valence-corrected chi connectivity index (χ2v) is 16.2. The van der Waals surface area contributed by atoms with Gasteiger partial charge in [-0.3, -0.25) is 0 Å². The Bertz CT molecular complexity index is 870. The molecule has 2 saturated carbocycles. The summed E-state index contributed by atoms with van der Waals surface area (Å²) in [5.74, 6) is 1.06. The maximum atomic E-state index is 7.06. The van der Waals surface area contributed by atoms with Gasteiger partial charge in [0.1, 0.15) is 0 Å². The Kier molecular flexibility index (Phi) is 22.9. The maximum Gasteiger partial charge on any atom is 0.169 e. The Morgan fingerprint density at radius 2 is 0.898 bits per heavy atom. The van der Waals surface area contributed by atoms with Gasteiger partial charge in [-0.05, 0) is 110 Å². The number of unbranched alkanes of at least 4 members (excludes halogenated alkanes) is 18. The van der Waals surface area contributed by atoms with Gasteiger partial charge in [-0.15, -0.1) is 0 Å². The zero-order valence-corrected chi connectivity index (χ0v) is 33.1. The van der Waals surface area contributed by atoms with E-state index in [1.165, 1.54) is 154 Å². The van der Waals surface area contributed by atoms with E-state index in [1.54, 1.807) is 0 Å². The Morgan fingerprint density at radius 3 is 1.35 bits per heavy atom. The first-order valence-corrected chi connectivity index (χ1v) is 21.7. The average molecular weight is 680 g/mol. The molecule has 49 heavy (non-hydrogen) atoms. The molecular weight excluding hydrogens is 599 g/mol. The summed E-state index contributed by atoms with van der Waals surface area (Å²) in [4.78, 5) is 2.45. The molecule has 3 fully saturated rings. The quantitative estimate of drug-likeness (QED) is 0.0538. The highest BCUT2D eigenvalue weighted by Gasteiger charge is 2.62. The predicted molar refractivity (Wildman–Crippen MR) is 214 cm³/mol. The van der Waals surface area contributed by atoms with Crippen molar-refractivity contribution in [2.75, 3.05) is 14.1 Å². The van der Waals surface area contributed by atoms with Crippen LogP contribution in [0.15, 0.2) is 48.6 Å². The van der Waals surface area contributed by atoms with Crippen molar-refractivity contribution in [2.45, 2.75) is 218 Å². The Labute approximate surface area is 305 Å². The summed E-state index contributed by atoms with van der Waals surface area (Å²) >= 11 is 0. The van der Waals surface area contributed by atoms with Crippen LogP contribution in [0, 0.1) is 11.8 Å². The van der Waals surface area contributed by atoms with Gasteiger partial charge in [-0.2, -0.15) is 0 Å². The molecule has 2 bridgehead atoms. The zero-order chi connectivity index (χ0) is 34.8. The van der Waals surface area contributed by atoms with E-state index in [2.05, 4.69) is 81.5 Å². The lowest BCUT2D eigenvalue weighted by Gasteiger charge is -2.33.